The standard InChI is InChI=1S/C13H18N2OS2/c14-13(16)9-18-12-4-2-1-3-11(12)15-7-10-5-6-17-8-10/h1-4,10,15H,5-9H2,(H2,14,16). The zero-order valence-corrected chi connectivity index (χ0v) is 11.9. The molecule has 1 saturated heterocycles. The fraction of sp³-hybridized carbons (Fsp3) is 0.462. The van der Waals surface area contributed by atoms with Crippen LogP contribution in [0.15, 0.2) is 29.2 Å². The Morgan fingerprint density at radius 1 is 1.50 bits per heavy atom. The lowest BCUT2D eigenvalue weighted by Crippen LogP contribution is -2.15. The van der Waals surface area contributed by atoms with E-state index in [0.717, 1.165) is 23.0 Å². The summed E-state index contributed by atoms with van der Waals surface area (Å²) in [5.74, 6) is 3.36. The molecule has 1 unspecified atom stereocenters. The first-order chi connectivity index (χ1) is 8.75. The van der Waals surface area contributed by atoms with Gasteiger partial charge in [-0.1, -0.05) is 12.1 Å². The molecule has 0 radical (unpaired) electrons. The van der Waals surface area contributed by atoms with Gasteiger partial charge in [0, 0.05) is 17.1 Å². The van der Waals surface area contributed by atoms with E-state index in [-0.39, 0.29) is 5.91 Å². The van der Waals surface area contributed by atoms with Crippen molar-refractivity contribution in [3.8, 4) is 0 Å². The summed E-state index contributed by atoms with van der Waals surface area (Å²) in [4.78, 5) is 11.9. The fourth-order valence-corrected chi connectivity index (χ4v) is 3.94. The molecular weight excluding hydrogens is 264 g/mol. The maximum Gasteiger partial charge on any atom is 0.227 e. The van der Waals surface area contributed by atoms with Crippen LogP contribution < -0.4 is 11.1 Å². The van der Waals surface area contributed by atoms with E-state index in [1.54, 1.807) is 0 Å². The second kappa shape index (κ2) is 6.95. The number of rotatable bonds is 6. The van der Waals surface area contributed by atoms with Crippen molar-refractivity contribution in [3.05, 3.63) is 24.3 Å². The van der Waals surface area contributed by atoms with Gasteiger partial charge >= 0.3 is 0 Å². The first-order valence-corrected chi connectivity index (χ1v) is 8.21. The Kier molecular flexibility index (Phi) is 5.26. The Morgan fingerprint density at radius 3 is 3.06 bits per heavy atom. The van der Waals surface area contributed by atoms with Crippen LogP contribution in [-0.2, 0) is 4.79 Å². The van der Waals surface area contributed by atoms with Crippen molar-refractivity contribution in [1.29, 1.82) is 0 Å². The molecule has 1 aromatic rings. The highest BCUT2D eigenvalue weighted by Crippen LogP contribution is 2.28. The van der Waals surface area contributed by atoms with Crippen LogP contribution in [0.4, 0.5) is 5.69 Å². The first kappa shape index (κ1) is 13.6. The molecule has 1 atom stereocenters. The Hall–Kier alpha value is -0.810. The maximum atomic E-state index is 10.8. The Labute approximate surface area is 116 Å². The van der Waals surface area contributed by atoms with Crippen molar-refractivity contribution >= 4 is 35.1 Å². The zero-order valence-electron chi connectivity index (χ0n) is 10.2. The lowest BCUT2D eigenvalue weighted by Gasteiger charge is -2.14. The van der Waals surface area contributed by atoms with Gasteiger partial charge < -0.3 is 11.1 Å². The normalized spacial score (nSPS) is 18.8. The van der Waals surface area contributed by atoms with Crippen LogP contribution in [0.5, 0.6) is 0 Å². The minimum absolute atomic E-state index is 0.276. The van der Waals surface area contributed by atoms with Crippen LogP contribution in [0.3, 0.4) is 0 Å². The van der Waals surface area contributed by atoms with Gasteiger partial charge in [-0.2, -0.15) is 11.8 Å². The molecule has 1 aliphatic heterocycles. The quantitative estimate of drug-likeness (QED) is 0.787. The van der Waals surface area contributed by atoms with E-state index in [1.165, 1.54) is 29.7 Å². The predicted molar refractivity (Wildman–Crippen MR) is 80.3 cm³/mol. The SMILES string of the molecule is NC(=O)CSc1ccccc1NCC1CCSC1. The van der Waals surface area contributed by atoms with Crippen LogP contribution in [0.1, 0.15) is 6.42 Å². The summed E-state index contributed by atoms with van der Waals surface area (Å²) in [6, 6.07) is 8.09. The summed E-state index contributed by atoms with van der Waals surface area (Å²) in [7, 11) is 0. The zero-order chi connectivity index (χ0) is 12.8. The summed E-state index contributed by atoms with van der Waals surface area (Å²) in [5.41, 5.74) is 6.29. The average molecular weight is 282 g/mol. The summed E-state index contributed by atoms with van der Waals surface area (Å²) in [5, 5.41) is 3.49. The Morgan fingerprint density at radius 2 is 2.33 bits per heavy atom. The van der Waals surface area contributed by atoms with Crippen LogP contribution >= 0.6 is 23.5 Å². The van der Waals surface area contributed by atoms with Crippen molar-refractivity contribution < 1.29 is 4.79 Å². The van der Waals surface area contributed by atoms with E-state index in [9.17, 15) is 4.79 Å². The number of nitrogens with one attached hydrogen (secondary N) is 1. The highest BCUT2D eigenvalue weighted by Gasteiger charge is 2.15. The number of para-hydroxylation sites is 1. The van der Waals surface area contributed by atoms with Crippen molar-refractivity contribution in [1.82, 2.24) is 0 Å². The van der Waals surface area contributed by atoms with E-state index in [1.807, 2.05) is 30.0 Å². The largest absolute Gasteiger partial charge is 0.384 e. The summed E-state index contributed by atoms with van der Waals surface area (Å²) in [6.45, 7) is 1.02. The van der Waals surface area contributed by atoms with Crippen LogP contribution in [0, 0.1) is 5.92 Å². The van der Waals surface area contributed by atoms with Gasteiger partial charge in [-0.05, 0) is 36.0 Å². The molecule has 5 heteroatoms. The van der Waals surface area contributed by atoms with E-state index in [0.29, 0.717) is 5.75 Å². The third-order valence-corrected chi connectivity index (χ3v) is 5.19. The minimum Gasteiger partial charge on any atom is -0.384 e. The lowest BCUT2D eigenvalue weighted by atomic mass is 10.1. The molecule has 98 valence electrons. The molecule has 3 nitrogen and oxygen atoms in total. The molecule has 1 fully saturated rings. The monoisotopic (exact) mass is 282 g/mol. The van der Waals surface area contributed by atoms with Gasteiger partial charge in [0.15, 0.2) is 0 Å². The van der Waals surface area contributed by atoms with Gasteiger partial charge in [0.2, 0.25) is 5.91 Å². The second-order valence-corrected chi connectivity index (χ2v) is 6.53. The van der Waals surface area contributed by atoms with E-state index in [4.69, 9.17) is 5.73 Å². The summed E-state index contributed by atoms with van der Waals surface area (Å²) >= 11 is 3.52. The maximum absolute atomic E-state index is 10.8. The number of hydrogen-bond acceptors (Lipinski definition) is 4. The molecule has 2 rings (SSSR count). The summed E-state index contributed by atoms with van der Waals surface area (Å²) in [6.07, 6.45) is 1.30. The topological polar surface area (TPSA) is 55.1 Å². The molecule has 0 spiro atoms. The fourth-order valence-electron chi connectivity index (χ4n) is 1.89. The molecule has 1 heterocycles. The van der Waals surface area contributed by atoms with Crippen LogP contribution in [-0.4, -0.2) is 29.7 Å². The van der Waals surface area contributed by atoms with Crippen LogP contribution in [0.25, 0.3) is 0 Å². The number of carbonyl (C=O) groups excluding carboxylic acids is 1. The molecule has 18 heavy (non-hydrogen) atoms. The van der Waals surface area contributed by atoms with Gasteiger partial charge in [0.1, 0.15) is 0 Å². The molecular formula is C13H18N2OS2. The van der Waals surface area contributed by atoms with E-state index in [2.05, 4.69) is 11.4 Å². The molecule has 0 bridgehead atoms. The predicted octanol–water partition coefficient (Wildman–Crippen LogP) is 2.43. The third-order valence-electron chi connectivity index (χ3n) is 2.86. The van der Waals surface area contributed by atoms with Crippen molar-refractivity contribution in [2.75, 3.05) is 29.1 Å². The number of thioether (sulfide) groups is 2. The Balaban J connectivity index is 1.91. The second-order valence-electron chi connectivity index (χ2n) is 4.36. The number of anilines is 1. The minimum atomic E-state index is -0.276. The van der Waals surface area contributed by atoms with Crippen LogP contribution in [0.2, 0.25) is 0 Å². The van der Waals surface area contributed by atoms with Crippen molar-refractivity contribution in [2.24, 2.45) is 11.7 Å². The smallest absolute Gasteiger partial charge is 0.227 e. The van der Waals surface area contributed by atoms with Gasteiger partial charge in [-0.25, -0.2) is 0 Å². The van der Waals surface area contributed by atoms with Gasteiger partial charge in [0.25, 0.3) is 0 Å². The number of primary amides is 1. The molecule has 0 saturated carbocycles. The van der Waals surface area contributed by atoms with E-state index >= 15 is 0 Å². The van der Waals surface area contributed by atoms with Gasteiger partial charge in [-0.15, -0.1) is 11.8 Å². The molecule has 1 aliphatic rings. The average Bonchev–Trinajstić information content (AvgIpc) is 2.88. The number of carbonyl (C=O) groups is 1. The number of hydrogen-bond donors (Lipinski definition) is 2. The Bertz CT molecular complexity index is 406. The number of benzene rings is 1. The van der Waals surface area contributed by atoms with Crippen molar-refractivity contribution in [2.45, 2.75) is 11.3 Å². The highest BCUT2D eigenvalue weighted by molar-refractivity contribution is 8.00. The number of nitrogens with two attached hydrogens (primary N) is 1. The number of amides is 1. The van der Waals surface area contributed by atoms with Gasteiger partial charge in [0.05, 0.1) is 5.75 Å². The third kappa shape index (κ3) is 4.14. The molecule has 0 aromatic heterocycles. The molecule has 0 aliphatic carbocycles. The molecule has 1 aromatic carbocycles. The van der Waals surface area contributed by atoms with Gasteiger partial charge in [-0.3, -0.25) is 4.79 Å². The lowest BCUT2D eigenvalue weighted by molar-refractivity contribution is -0.115. The first-order valence-electron chi connectivity index (χ1n) is 6.07. The molecule has 3 N–H and O–H groups in total. The van der Waals surface area contributed by atoms with Crippen molar-refractivity contribution in [3.63, 3.8) is 0 Å². The summed E-state index contributed by atoms with van der Waals surface area (Å²) < 4.78 is 0. The van der Waals surface area contributed by atoms with E-state index < -0.39 is 0 Å². The molecule has 1 amide bonds. The highest BCUT2D eigenvalue weighted by atomic mass is 32.2.